The zero-order valence-electron chi connectivity index (χ0n) is 9.80. The molecule has 2 unspecified atom stereocenters. The molecule has 1 fully saturated rings. The van der Waals surface area contributed by atoms with Crippen LogP contribution in [0.5, 0.6) is 0 Å². The van der Waals surface area contributed by atoms with Crippen molar-refractivity contribution in [3.63, 3.8) is 0 Å². The summed E-state index contributed by atoms with van der Waals surface area (Å²) >= 11 is 0. The molecule has 0 saturated heterocycles. The lowest BCUT2D eigenvalue weighted by atomic mass is 10.1. The second-order valence-corrected chi connectivity index (χ2v) is 4.53. The highest BCUT2D eigenvalue weighted by molar-refractivity contribution is 4.89. The van der Waals surface area contributed by atoms with E-state index in [1.807, 2.05) is 13.2 Å². The van der Waals surface area contributed by atoms with Gasteiger partial charge in [0.15, 0.2) is 0 Å². The minimum Gasteiger partial charge on any atom is -0.370 e. The van der Waals surface area contributed by atoms with E-state index in [1.54, 1.807) is 4.68 Å². The number of nitrogens with zero attached hydrogens (tertiary/aromatic N) is 3. The highest BCUT2D eigenvalue weighted by atomic mass is 16.5. The maximum absolute atomic E-state index is 6.08. The summed E-state index contributed by atoms with van der Waals surface area (Å²) in [4.78, 5) is 0. The summed E-state index contributed by atoms with van der Waals surface area (Å²) in [6.07, 6.45) is 7.93. The first-order valence-corrected chi connectivity index (χ1v) is 5.98. The van der Waals surface area contributed by atoms with Crippen LogP contribution in [0.2, 0.25) is 0 Å². The van der Waals surface area contributed by atoms with Gasteiger partial charge in [-0.15, -0.1) is 5.10 Å². The van der Waals surface area contributed by atoms with Gasteiger partial charge in [0.2, 0.25) is 0 Å². The van der Waals surface area contributed by atoms with Crippen molar-refractivity contribution in [2.75, 3.05) is 0 Å². The first-order valence-electron chi connectivity index (χ1n) is 5.98. The number of nitrogens with two attached hydrogens (primary N) is 1. The Hall–Kier alpha value is -0.940. The molecule has 1 aromatic rings. The summed E-state index contributed by atoms with van der Waals surface area (Å²) in [7, 11) is 1.86. The van der Waals surface area contributed by atoms with Crippen molar-refractivity contribution in [2.45, 2.75) is 50.9 Å². The quantitative estimate of drug-likeness (QED) is 0.778. The molecular formula is C11H20N4O. The maximum atomic E-state index is 6.08. The first-order chi connectivity index (χ1) is 7.75. The second-order valence-electron chi connectivity index (χ2n) is 4.53. The fourth-order valence-electron chi connectivity index (χ4n) is 2.16. The van der Waals surface area contributed by atoms with E-state index >= 15 is 0 Å². The van der Waals surface area contributed by atoms with Gasteiger partial charge in [0.25, 0.3) is 0 Å². The Bertz CT molecular complexity index is 326. The Morgan fingerprint density at radius 1 is 1.44 bits per heavy atom. The molecular weight excluding hydrogens is 204 g/mol. The summed E-state index contributed by atoms with van der Waals surface area (Å²) < 4.78 is 7.52. The third-order valence-electron chi connectivity index (χ3n) is 3.10. The van der Waals surface area contributed by atoms with Crippen LogP contribution in [-0.4, -0.2) is 27.1 Å². The summed E-state index contributed by atoms with van der Waals surface area (Å²) in [5, 5.41) is 7.87. The smallest absolute Gasteiger partial charge is 0.108 e. The van der Waals surface area contributed by atoms with Crippen molar-refractivity contribution >= 4 is 0 Å². The molecule has 2 atom stereocenters. The zero-order chi connectivity index (χ0) is 11.4. The third-order valence-corrected chi connectivity index (χ3v) is 3.10. The van der Waals surface area contributed by atoms with Crippen LogP contribution in [0.25, 0.3) is 0 Å². The van der Waals surface area contributed by atoms with E-state index in [1.165, 1.54) is 19.3 Å². The lowest BCUT2D eigenvalue weighted by Gasteiger charge is -2.21. The number of rotatable bonds is 3. The van der Waals surface area contributed by atoms with Gasteiger partial charge in [-0.2, -0.15) is 0 Å². The zero-order valence-corrected chi connectivity index (χ0v) is 9.80. The van der Waals surface area contributed by atoms with Crippen molar-refractivity contribution in [1.29, 1.82) is 0 Å². The summed E-state index contributed by atoms with van der Waals surface area (Å²) in [6.45, 7) is 0.520. The summed E-state index contributed by atoms with van der Waals surface area (Å²) in [5.41, 5.74) is 6.96. The molecule has 1 aliphatic rings. The van der Waals surface area contributed by atoms with Gasteiger partial charge in [0.1, 0.15) is 5.69 Å². The minimum atomic E-state index is 0.180. The molecule has 1 heterocycles. The van der Waals surface area contributed by atoms with E-state index in [9.17, 15) is 0 Å². The molecule has 5 heteroatoms. The lowest BCUT2D eigenvalue weighted by molar-refractivity contribution is 0.0177. The van der Waals surface area contributed by atoms with Gasteiger partial charge in [0, 0.05) is 13.1 Å². The van der Waals surface area contributed by atoms with Gasteiger partial charge in [-0.25, -0.2) is 0 Å². The highest BCUT2D eigenvalue weighted by Gasteiger charge is 2.21. The monoisotopic (exact) mass is 224 g/mol. The fraction of sp³-hybridized carbons (Fsp3) is 0.818. The van der Waals surface area contributed by atoms with Crippen molar-refractivity contribution in [3.8, 4) is 0 Å². The SMILES string of the molecule is Cn1cc(COC2CCCCCC2N)nn1. The molecule has 5 nitrogen and oxygen atoms in total. The fourth-order valence-corrected chi connectivity index (χ4v) is 2.16. The molecule has 0 bridgehead atoms. The van der Waals surface area contributed by atoms with E-state index in [-0.39, 0.29) is 12.1 Å². The maximum Gasteiger partial charge on any atom is 0.108 e. The van der Waals surface area contributed by atoms with E-state index in [2.05, 4.69) is 10.3 Å². The number of ether oxygens (including phenoxy) is 1. The van der Waals surface area contributed by atoms with E-state index in [4.69, 9.17) is 10.5 Å². The Balaban J connectivity index is 1.83. The molecule has 0 aliphatic heterocycles. The third kappa shape index (κ3) is 3.02. The average Bonchev–Trinajstić information content (AvgIpc) is 2.56. The molecule has 0 aromatic carbocycles. The van der Waals surface area contributed by atoms with Crippen molar-refractivity contribution < 1.29 is 4.74 Å². The second kappa shape index (κ2) is 5.41. The minimum absolute atomic E-state index is 0.180. The van der Waals surface area contributed by atoms with Gasteiger partial charge in [-0.05, 0) is 12.8 Å². The summed E-state index contributed by atoms with van der Waals surface area (Å²) in [5.74, 6) is 0. The van der Waals surface area contributed by atoms with Crippen LogP contribution in [0.4, 0.5) is 0 Å². The van der Waals surface area contributed by atoms with Gasteiger partial charge < -0.3 is 10.5 Å². The van der Waals surface area contributed by atoms with Gasteiger partial charge in [-0.3, -0.25) is 4.68 Å². The molecule has 0 amide bonds. The van der Waals surface area contributed by atoms with Crippen LogP contribution in [-0.2, 0) is 18.4 Å². The van der Waals surface area contributed by atoms with E-state index in [0.717, 1.165) is 18.5 Å². The highest BCUT2D eigenvalue weighted by Crippen LogP contribution is 2.19. The van der Waals surface area contributed by atoms with Crippen molar-refractivity contribution in [3.05, 3.63) is 11.9 Å². The molecule has 0 spiro atoms. The average molecular weight is 224 g/mol. The largest absolute Gasteiger partial charge is 0.370 e. The van der Waals surface area contributed by atoms with Crippen LogP contribution in [0.3, 0.4) is 0 Å². The number of hydrogen-bond acceptors (Lipinski definition) is 4. The normalized spacial score (nSPS) is 26.6. The number of aryl methyl sites for hydroxylation is 1. The Morgan fingerprint density at radius 3 is 3.00 bits per heavy atom. The number of hydrogen-bond donors (Lipinski definition) is 1. The topological polar surface area (TPSA) is 66.0 Å². The molecule has 16 heavy (non-hydrogen) atoms. The molecule has 1 aliphatic carbocycles. The molecule has 90 valence electrons. The lowest BCUT2D eigenvalue weighted by Crippen LogP contribution is -2.35. The van der Waals surface area contributed by atoms with Crippen LogP contribution < -0.4 is 5.73 Å². The standard InChI is InChI=1S/C11H20N4O/c1-15-7-9(13-14-15)8-16-11-6-4-2-3-5-10(11)12/h7,10-11H,2-6,8,12H2,1H3. The van der Waals surface area contributed by atoms with Crippen LogP contribution in [0.1, 0.15) is 37.8 Å². The molecule has 2 N–H and O–H groups in total. The Kier molecular flexibility index (Phi) is 3.90. The summed E-state index contributed by atoms with van der Waals surface area (Å²) in [6, 6.07) is 0.180. The van der Waals surface area contributed by atoms with Crippen LogP contribution in [0, 0.1) is 0 Å². The van der Waals surface area contributed by atoms with E-state index < -0.39 is 0 Å². The van der Waals surface area contributed by atoms with Gasteiger partial charge in [0.05, 0.1) is 18.9 Å². The molecule has 1 saturated carbocycles. The Morgan fingerprint density at radius 2 is 2.25 bits per heavy atom. The molecule has 2 rings (SSSR count). The van der Waals surface area contributed by atoms with Gasteiger partial charge >= 0.3 is 0 Å². The first kappa shape index (κ1) is 11.5. The predicted molar refractivity (Wildman–Crippen MR) is 60.6 cm³/mol. The van der Waals surface area contributed by atoms with E-state index in [0.29, 0.717) is 6.61 Å². The van der Waals surface area contributed by atoms with Crippen LogP contribution in [0.15, 0.2) is 6.20 Å². The van der Waals surface area contributed by atoms with Gasteiger partial charge in [-0.1, -0.05) is 24.5 Å². The Labute approximate surface area is 96.0 Å². The predicted octanol–water partition coefficient (Wildman–Crippen LogP) is 0.992. The van der Waals surface area contributed by atoms with Crippen LogP contribution >= 0.6 is 0 Å². The van der Waals surface area contributed by atoms with Crippen molar-refractivity contribution in [1.82, 2.24) is 15.0 Å². The van der Waals surface area contributed by atoms with Crippen molar-refractivity contribution in [2.24, 2.45) is 12.8 Å². The molecule has 0 radical (unpaired) electrons. The number of aromatic nitrogens is 3. The molecule has 1 aromatic heterocycles.